The van der Waals surface area contributed by atoms with Gasteiger partial charge in [-0.2, -0.15) is 13.2 Å². The molecule has 106 valence electrons. The standard InChI is InChI=1S/C7H6F6O2.C3H6/c1-2-3(14)15-6(11)7(12,13)4(8)5(9)10;1-3-2/h2,4-6H,1H2;3H,1H2,2H3. The molecule has 0 amide bonds. The number of hydrogen-bond donors (Lipinski definition) is 0. The molecule has 2 atom stereocenters. The smallest absolute Gasteiger partial charge is 0.349 e. The predicted octanol–water partition coefficient (Wildman–Crippen LogP) is 3.44. The average molecular weight is 278 g/mol. The molecule has 0 aliphatic carbocycles. The fourth-order valence-corrected chi connectivity index (χ4v) is 0.522. The number of allylic oxidation sites excluding steroid dienone is 1. The Kier molecular flexibility index (Phi) is 9.02. The maximum absolute atomic E-state index is 12.4. The second kappa shape index (κ2) is 8.60. The third kappa shape index (κ3) is 6.31. The van der Waals surface area contributed by atoms with Crippen molar-refractivity contribution < 1.29 is 35.9 Å². The molecule has 18 heavy (non-hydrogen) atoms. The maximum atomic E-state index is 12.4. The van der Waals surface area contributed by atoms with Gasteiger partial charge in [-0.05, 0) is 6.92 Å². The van der Waals surface area contributed by atoms with Crippen molar-refractivity contribution in [1.82, 2.24) is 0 Å². The first kappa shape index (κ1) is 18.9. The Hall–Kier alpha value is -1.47. The first-order chi connectivity index (χ1) is 8.14. The van der Waals surface area contributed by atoms with Gasteiger partial charge in [-0.25, -0.2) is 18.0 Å². The molecule has 8 heteroatoms. The van der Waals surface area contributed by atoms with E-state index in [4.69, 9.17) is 0 Å². The van der Waals surface area contributed by atoms with Gasteiger partial charge in [0, 0.05) is 6.08 Å². The summed E-state index contributed by atoms with van der Waals surface area (Å²) in [7, 11) is 0. The molecular weight excluding hydrogens is 266 g/mol. The lowest BCUT2D eigenvalue weighted by Crippen LogP contribution is -2.45. The number of carbonyl (C=O) groups is 1. The number of hydrogen-bond acceptors (Lipinski definition) is 2. The molecule has 0 aromatic carbocycles. The van der Waals surface area contributed by atoms with Crippen molar-refractivity contribution in [3.63, 3.8) is 0 Å². The molecule has 2 nitrogen and oxygen atoms in total. The highest BCUT2D eigenvalue weighted by atomic mass is 19.3. The fraction of sp³-hybridized carbons (Fsp3) is 0.500. The van der Waals surface area contributed by atoms with E-state index in [1.165, 1.54) is 0 Å². The van der Waals surface area contributed by atoms with Crippen LogP contribution in [0.4, 0.5) is 26.3 Å². The average Bonchev–Trinajstić information content (AvgIpc) is 2.28. The van der Waals surface area contributed by atoms with Gasteiger partial charge in [0.2, 0.25) is 6.17 Å². The van der Waals surface area contributed by atoms with Crippen molar-refractivity contribution in [1.29, 1.82) is 0 Å². The van der Waals surface area contributed by atoms with Gasteiger partial charge in [-0.3, -0.25) is 0 Å². The summed E-state index contributed by atoms with van der Waals surface area (Å²) in [5, 5.41) is 0. The third-order valence-corrected chi connectivity index (χ3v) is 1.28. The first-order valence-electron chi connectivity index (χ1n) is 4.49. The second-order valence-corrected chi connectivity index (χ2v) is 2.78. The van der Waals surface area contributed by atoms with Crippen LogP contribution in [-0.2, 0) is 9.53 Å². The van der Waals surface area contributed by atoms with E-state index in [0.29, 0.717) is 6.08 Å². The highest BCUT2D eigenvalue weighted by Crippen LogP contribution is 2.32. The summed E-state index contributed by atoms with van der Waals surface area (Å²) in [6.07, 6.45) is -9.84. The zero-order valence-corrected chi connectivity index (χ0v) is 9.39. The Morgan fingerprint density at radius 3 is 1.89 bits per heavy atom. The van der Waals surface area contributed by atoms with Crippen LogP contribution in [0.3, 0.4) is 0 Å². The van der Waals surface area contributed by atoms with E-state index < -0.39 is 30.8 Å². The van der Waals surface area contributed by atoms with Crippen LogP contribution in [-0.4, -0.2) is 30.8 Å². The molecule has 2 unspecified atom stereocenters. The molecule has 0 aromatic rings. The number of rotatable bonds is 5. The molecule has 0 heterocycles. The summed E-state index contributed by atoms with van der Waals surface area (Å²) in [5.41, 5.74) is 0. The van der Waals surface area contributed by atoms with Gasteiger partial charge >= 0.3 is 18.2 Å². The lowest BCUT2D eigenvalue weighted by Gasteiger charge is -2.22. The van der Waals surface area contributed by atoms with E-state index in [1.807, 2.05) is 6.92 Å². The molecule has 0 N–H and O–H groups in total. The number of ether oxygens (including phenoxy) is 1. The molecule has 0 saturated carbocycles. The zero-order chi connectivity index (χ0) is 14.9. The van der Waals surface area contributed by atoms with Crippen LogP contribution in [0.25, 0.3) is 0 Å². The molecule has 0 bridgehead atoms. The highest BCUT2D eigenvalue weighted by molar-refractivity contribution is 5.81. The minimum atomic E-state index is -5.10. The summed E-state index contributed by atoms with van der Waals surface area (Å²) in [4.78, 5) is 10.2. The molecule has 0 fully saturated rings. The lowest BCUT2D eigenvalue weighted by atomic mass is 10.2. The van der Waals surface area contributed by atoms with Crippen molar-refractivity contribution >= 4 is 5.97 Å². The fourth-order valence-electron chi connectivity index (χ4n) is 0.522. The lowest BCUT2D eigenvalue weighted by molar-refractivity contribution is -0.236. The van der Waals surface area contributed by atoms with Crippen LogP contribution in [0.15, 0.2) is 25.3 Å². The SMILES string of the molecule is C=CC.C=CC(=O)OC(F)C(F)(F)C(F)C(F)F. The topological polar surface area (TPSA) is 26.3 Å². The van der Waals surface area contributed by atoms with Crippen molar-refractivity contribution in [2.24, 2.45) is 0 Å². The molecule has 0 radical (unpaired) electrons. The number of esters is 1. The summed E-state index contributed by atoms with van der Waals surface area (Å²) in [5.74, 6) is -6.71. The van der Waals surface area contributed by atoms with E-state index >= 15 is 0 Å². The highest BCUT2D eigenvalue weighted by Gasteiger charge is 2.55. The number of carbonyl (C=O) groups excluding carboxylic acids is 1. The molecule has 0 aliphatic heterocycles. The largest absolute Gasteiger partial charge is 0.421 e. The van der Waals surface area contributed by atoms with Gasteiger partial charge in [-0.15, -0.1) is 6.58 Å². The zero-order valence-electron chi connectivity index (χ0n) is 9.39. The van der Waals surface area contributed by atoms with Crippen molar-refractivity contribution in [2.75, 3.05) is 0 Å². The minimum Gasteiger partial charge on any atom is -0.421 e. The van der Waals surface area contributed by atoms with Crippen LogP contribution in [0, 0.1) is 0 Å². The Morgan fingerprint density at radius 2 is 1.61 bits per heavy atom. The third-order valence-electron chi connectivity index (χ3n) is 1.28. The van der Waals surface area contributed by atoms with Crippen molar-refractivity contribution in [2.45, 2.75) is 31.8 Å². The Bertz CT molecular complexity index is 280. The first-order valence-corrected chi connectivity index (χ1v) is 4.49. The van der Waals surface area contributed by atoms with Gasteiger partial charge in [-0.1, -0.05) is 12.7 Å². The van der Waals surface area contributed by atoms with Gasteiger partial charge in [0.25, 0.3) is 6.43 Å². The molecule has 0 aromatic heterocycles. The second-order valence-electron chi connectivity index (χ2n) is 2.78. The molecule has 0 saturated heterocycles. The summed E-state index contributed by atoms with van der Waals surface area (Å²) < 4.78 is 75.7. The Morgan fingerprint density at radius 1 is 1.22 bits per heavy atom. The summed E-state index contributed by atoms with van der Waals surface area (Å²) in [6.45, 7) is 8.00. The maximum Gasteiger partial charge on any atom is 0.349 e. The predicted molar refractivity (Wildman–Crippen MR) is 52.9 cm³/mol. The molecule has 0 spiro atoms. The Labute approximate surface area is 99.9 Å². The van der Waals surface area contributed by atoms with Crippen molar-refractivity contribution in [3.8, 4) is 0 Å². The minimum absolute atomic E-state index is 0.332. The van der Waals surface area contributed by atoms with E-state index in [-0.39, 0.29) is 0 Å². The molecule has 0 aliphatic rings. The quantitative estimate of drug-likeness (QED) is 0.333. The molecule has 0 rings (SSSR count). The monoisotopic (exact) mass is 278 g/mol. The summed E-state index contributed by atoms with van der Waals surface area (Å²) in [6, 6.07) is 0. The molecular formula is C10H12F6O2. The van der Waals surface area contributed by atoms with E-state index in [1.54, 1.807) is 6.08 Å². The number of alkyl halides is 6. The van der Waals surface area contributed by atoms with Crippen LogP contribution < -0.4 is 0 Å². The van der Waals surface area contributed by atoms with Crippen LogP contribution in [0.5, 0.6) is 0 Å². The number of halogens is 6. The van der Waals surface area contributed by atoms with Gasteiger partial charge in [0.05, 0.1) is 0 Å². The van der Waals surface area contributed by atoms with Gasteiger partial charge in [0.1, 0.15) is 0 Å². The van der Waals surface area contributed by atoms with Crippen LogP contribution >= 0.6 is 0 Å². The van der Waals surface area contributed by atoms with Crippen LogP contribution in [0.1, 0.15) is 6.92 Å². The normalized spacial score (nSPS) is 14.0. The van der Waals surface area contributed by atoms with Crippen molar-refractivity contribution in [3.05, 3.63) is 25.3 Å². The Balaban J connectivity index is 0. The summed E-state index contributed by atoms with van der Waals surface area (Å²) >= 11 is 0. The van der Waals surface area contributed by atoms with E-state index in [2.05, 4.69) is 17.9 Å². The van der Waals surface area contributed by atoms with E-state index in [0.717, 1.165) is 0 Å². The van der Waals surface area contributed by atoms with Crippen LogP contribution in [0.2, 0.25) is 0 Å². The van der Waals surface area contributed by atoms with Gasteiger partial charge in [0.15, 0.2) is 0 Å². The van der Waals surface area contributed by atoms with E-state index in [9.17, 15) is 31.1 Å². The van der Waals surface area contributed by atoms with Gasteiger partial charge < -0.3 is 4.74 Å².